The lowest BCUT2D eigenvalue weighted by molar-refractivity contribution is 0.277. The molecular formula is C8H20AlN3. The second kappa shape index (κ2) is 5.21. The molecule has 0 radical (unpaired) electrons. The van der Waals surface area contributed by atoms with Crippen LogP contribution in [0.25, 0.3) is 0 Å². The highest BCUT2D eigenvalue weighted by atomic mass is 27.1. The lowest BCUT2D eigenvalue weighted by Crippen LogP contribution is -2.32. The molecule has 1 rings (SSSR count). The minimum atomic E-state index is 1.21. The Morgan fingerprint density at radius 2 is 1.08 bits per heavy atom. The van der Waals surface area contributed by atoms with Crippen LogP contribution in [0.1, 0.15) is 0 Å². The van der Waals surface area contributed by atoms with Gasteiger partial charge in [-0.25, -0.2) is 0 Å². The lowest BCUT2D eigenvalue weighted by Gasteiger charge is -2.19. The summed E-state index contributed by atoms with van der Waals surface area (Å²) in [6.45, 7) is 7.42. The highest BCUT2D eigenvalue weighted by Crippen LogP contribution is 1.93. The van der Waals surface area contributed by atoms with Gasteiger partial charge in [0.15, 0.2) is 0 Å². The largest absolute Gasteiger partial charge is 0.388 e. The number of hydrogen-bond acceptors (Lipinski definition) is 3. The van der Waals surface area contributed by atoms with Crippen LogP contribution in [0, 0.1) is 0 Å². The van der Waals surface area contributed by atoms with Gasteiger partial charge in [0.25, 0.3) is 0 Å². The summed E-state index contributed by atoms with van der Waals surface area (Å²) in [6, 6.07) is 0. The Labute approximate surface area is 83.9 Å². The van der Waals surface area contributed by atoms with Crippen LogP contribution in [0.15, 0.2) is 0 Å². The first-order valence-corrected chi connectivity index (χ1v) is 5.63. The Bertz CT molecular complexity index is 95.7. The van der Waals surface area contributed by atoms with E-state index in [1.807, 2.05) is 0 Å². The fourth-order valence-electron chi connectivity index (χ4n) is 1.36. The van der Waals surface area contributed by atoms with Crippen molar-refractivity contribution < 1.29 is 0 Å². The van der Waals surface area contributed by atoms with E-state index >= 15 is 0 Å². The van der Waals surface area contributed by atoms with Gasteiger partial charge in [-0.15, -0.1) is 0 Å². The summed E-state index contributed by atoms with van der Waals surface area (Å²) in [5.74, 6) is 0. The van der Waals surface area contributed by atoms with Crippen molar-refractivity contribution in [3.05, 3.63) is 0 Å². The van der Waals surface area contributed by atoms with E-state index in [0.29, 0.717) is 0 Å². The second-order valence-electron chi connectivity index (χ2n) is 3.91. The Kier molecular flexibility index (Phi) is 4.55. The average Bonchev–Trinajstić information content (AvgIpc) is 2.11. The van der Waals surface area contributed by atoms with Gasteiger partial charge in [-0.2, -0.15) is 0 Å². The molecule has 1 saturated heterocycles. The molecule has 1 fully saturated rings. The zero-order chi connectivity index (χ0) is 8.97. The molecule has 4 heteroatoms. The van der Waals surface area contributed by atoms with E-state index in [9.17, 15) is 0 Å². The number of likely N-dealkylation sites (N-methyl/N-ethyl adjacent to an activating group) is 2. The molecule has 0 spiro atoms. The van der Waals surface area contributed by atoms with Gasteiger partial charge in [-0.3, -0.25) is 0 Å². The standard InChI is InChI=1S/C8H18N3.Al.2H/c1-10-5-3-9-4-6-11(2)8-7-10;;;/h3-8H2,1-2H3;;;/q-1;+1;;. The highest BCUT2D eigenvalue weighted by molar-refractivity contribution is 6.04. The molecule has 70 valence electrons. The fourth-order valence-corrected chi connectivity index (χ4v) is 1.76. The average molecular weight is 185 g/mol. The molecule has 0 amide bonds. The quantitative estimate of drug-likeness (QED) is 0.435. The predicted molar refractivity (Wildman–Crippen MR) is 55.1 cm³/mol. The molecule has 0 aromatic rings. The molecule has 1 aliphatic heterocycles. The molecule has 0 aliphatic carbocycles. The number of nitrogens with zero attached hydrogens (tertiary/aromatic N) is 3. The molecule has 0 aromatic heterocycles. The summed E-state index contributed by atoms with van der Waals surface area (Å²) >= 11 is 1.21. The summed E-state index contributed by atoms with van der Waals surface area (Å²) < 4.78 is 2.54. The highest BCUT2D eigenvalue weighted by Gasteiger charge is 2.07. The molecule has 0 saturated carbocycles. The molecule has 1 heterocycles. The van der Waals surface area contributed by atoms with Gasteiger partial charge < -0.3 is 13.7 Å². The molecule has 0 atom stereocenters. The zero-order valence-electron chi connectivity index (χ0n) is 8.58. The maximum absolute atomic E-state index is 2.54. The van der Waals surface area contributed by atoms with Gasteiger partial charge in [-0.1, -0.05) is 0 Å². The molecule has 0 unspecified atom stereocenters. The smallest absolute Gasteiger partial charge is 0.321 e. The summed E-state index contributed by atoms with van der Waals surface area (Å²) in [5.41, 5.74) is 0. The van der Waals surface area contributed by atoms with Crippen LogP contribution < -0.4 is 0 Å². The van der Waals surface area contributed by atoms with Gasteiger partial charge in [-0.05, 0) is 27.2 Å². The van der Waals surface area contributed by atoms with Gasteiger partial charge >= 0.3 is 16.5 Å². The third-order valence-corrected chi connectivity index (χ3v) is 3.48. The van der Waals surface area contributed by atoms with Crippen molar-refractivity contribution in [2.24, 2.45) is 0 Å². The molecule has 3 nitrogen and oxygen atoms in total. The van der Waals surface area contributed by atoms with Gasteiger partial charge in [0.2, 0.25) is 0 Å². The first-order chi connectivity index (χ1) is 5.68. The van der Waals surface area contributed by atoms with E-state index in [4.69, 9.17) is 0 Å². The molecule has 0 bridgehead atoms. The minimum Gasteiger partial charge on any atom is -0.388 e. The lowest BCUT2D eigenvalue weighted by atomic mass is 10.5. The van der Waals surface area contributed by atoms with Crippen LogP contribution in [-0.2, 0) is 0 Å². The maximum Gasteiger partial charge on any atom is 0.321 e. The summed E-state index contributed by atoms with van der Waals surface area (Å²) in [7, 11) is 4.43. The summed E-state index contributed by atoms with van der Waals surface area (Å²) in [4.78, 5) is 4.85. The van der Waals surface area contributed by atoms with E-state index in [1.54, 1.807) is 0 Å². The first-order valence-electron chi connectivity index (χ1n) is 4.74. The van der Waals surface area contributed by atoms with Crippen LogP contribution in [0.4, 0.5) is 0 Å². The van der Waals surface area contributed by atoms with Crippen LogP contribution in [0.2, 0.25) is 0 Å². The Hall–Kier alpha value is 0.412. The summed E-state index contributed by atoms with van der Waals surface area (Å²) in [5, 5.41) is 0. The van der Waals surface area contributed by atoms with E-state index < -0.39 is 0 Å². The minimum absolute atomic E-state index is 1.21. The van der Waals surface area contributed by atoms with Crippen LogP contribution in [0.5, 0.6) is 0 Å². The van der Waals surface area contributed by atoms with Crippen molar-refractivity contribution in [2.75, 3.05) is 53.4 Å². The van der Waals surface area contributed by atoms with Crippen molar-refractivity contribution in [3.8, 4) is 0 Å². The molecule has 0 aromatic carbocycles. The summed E-state index contributed by atoms with van der Waals surface area (Å²) in [6.07, 6.45) is 0. The SMILES string of the molecule is CN1CCN(C)CC[N]([AlH2])CC1. The maximum atomic E-state index is 2.54. The van der Waals surface area contributed by atoms with E-state index in [1.165, 1.54) is 55.8 Å². The number of rotatable bonds is 0. The Morgan fingerprint density at radius 3 is 1.50 bits per heavy atom. The molecule has 1 aliphatic rings. The monoisotopic (exact) mass is 185 g/mol. The van der Waals surface area contributed by atoms with Crippen LogP contribution in [0.3, 0.4) is 0 Å². The molecule has 0 N–H and O–H groups in total. The Morgan fingerprint density at radius 1 is 0.750 bits per heavy atom. The second-order valence-corrected chi connectivity index (χ2v) is 5.17. The van der Waals surface area contributed by atoms with E-state index in [2.05, 4.69) is 27.8 Å². The van der Waals surface area contributed by atoms with E-state index in [0.717, 1.165) is 0 Å². The fraction of sp³-hybridized carbons (Fsp3) is 1.00. The molecular weight excluding hydrogens is 165 g/mol. The Balaban J connectivity index is 2.36. The topological polar surface area (TPSA) is 9.72 Å². The van der Waals surface area contributed by atoms with Crippen molar-refractivity contribution in [1.82, 2.24) is 13.7 Å². The molecule has 12 heavy (non-hydrogen) atoms. The van der Waals surface area contributed by atoms with Gasteiger partial charge in [0.1, 0.15) is 0 Å². The van der Waals surface area contributed by atoms with Crippen LogP contribution in [-0.4, -0.2) is 83.6 Å². The van der Waals surface area contributed by atoms with Crippen molar-refractivity contribution in [2.45, 2.75) is 0 Å². The number of hydrogen-bond donors (Lipinski definition) is 0. The van der Waals surface area contributed by atoms with Crippen molar-refractivity contribution in [1.29, 1.82) is 0 Å². The van der Waals surface area contributed by atoms with Gasteiger partial charge in [0, 0.05) is 26.2 Å². The van der Waals surface area contributed by atoms with Crippen molar-refractivity contribution >= 4 is 16.5 Å². The third-order valence-electron chi connectivity index (χ3n) is 2.59. The van der Waals surface area contributed by atoms with E-state index in [-0.39, 0.29) is 0 Å². The van der Waals surface area contributed by atoms with Gasteiger partial charge in [0.05, 0.1) is 0 Å². The van der Waals surface area contributed by atoms with Crippen LogP contribution >= 0.6 is 0 Å². The van der Waals surface area contributed by atoms with Crippen molar-refractivity contribution in [3.63, 3.8) is 0 Å². The zero-order valence-corrected chi connectivity index (χ0v) is 10.6. The first kappa shape index (κ1) is 10.5. The predicted octanol–water partition coefficient (Wildman–Crippen LogP) is -1.29. The normalized spacial score (nSPS) is 26.2. The third kappa shape index (κ3) is 3.88.